The first-order chi connectivity index (χ1) is 15.7. The summed E-state index contributed by atoms with van der Waals surface area (Å²) in [6, 6.07) is 7.30. The lowest BCUT2D eigenvalue weighted by atomic mass is 9.44. The summed E-state index contributed by atoms with van der Waals surface area (Å²) in [6.07, 6.45) is 15.1. The summed E-state index contributed by atoms with van der Waals surface area (Å²) in [4.78, 5) is 4.51. The number of hydrogen-bond acceptors (Lipinski definition) is 2. The average molecular weight is 448 g/mol. The number of benzene rings is 1. The summed E-state index contributed by atoms with van der Waals surface area (Å²) in [5.74, 6) is 4.44. The molecule has 4 fully saturated rings. The molecule has 0 radical (unpaired) electrons. The molecular formula is C31H45NO. The van der Waals surface area contributed by atoms with Crippen LogP contribution >= 0.6 is 0 Å². The molecule has 1 aliphatic heterocycles. The molecular weight excluding hydrogens is 402 g/mol. The highest BCUT2D eigenvalue weighted by molar-refractivity contribution is 5.84. The standard InChI is InChI=1S/C31H45NO/c1-29(2,3)33-24-12-14-30(4)23(17-24)8-9-25-27-11-10-26(31(27,5)15-13-28(25)30)20-6-7-21-18-32-19-22(21)16-20/h6-7,16,18,23-28H,8-15,17,19H2,1-5H3/t23-,24-,25-,26+,27-,28-,30-,31+/m0/s1. The van der Waals surface area contributed by atoms with Crippen molar-refractivity contribution in [2.45, 2.75) is 117 Å². The molecule has 6 rings (SSSR count). The summed E-state index contributed by atoms with van der Waals surface area (Å²) < 4.78 is 6.48. The normalized spacial score (nSPS) is 44.2. The van der Waals surface area contributed by atoms with Crippen molar-refractivity contribution in [2.75, 3.05) is 0 Å². The molecule has 0 aromatic heterocycles. The lowest BCUT2D eigenvalue weighted by molar-refractivity contribution is -0.152. The van der Waals surface area contributed by atoms with Crippen molar-refractivity contribution in [2.24, 2.45) is 39.5 Å². The van der Waals surface area contributed by atoms with E-state index in [9.17, 15) is 0 Å². The van der Waals surface area contributed by atoms with E-state index in [0.29, 0.717) is 16.9 Å². The number of aliphatic imine (C=N–C) groups is 1. The highest BCUT2D eigenvalue weighted by Gasteiger charge is 2.60. The van der Waals surface area contributed by atoms with Gasteiger partial charge in [-0.2, -0.15) is 0 Å². The zero-order valence-corrected chi connectivity index (χ0v) is 21.7. The van der Waals surface area contributed by atoms with Gasteiger partial charge in [-0.25, -0.2) is 0 Å². The Bertz CT molecular complexity index is 943. The van der Waals surface area contributed by atoms with Gasteiger partial charge in [-0.15, -0.1) is 0 Å². The number of nitrogens with zero attached hydrogens (tertiary/aromatic N) is 1. The van der Waals surface area contributed by atoms with Crippen LogP contribution in [-0.4, -0.2) is 17.9 Å². The Kier molecular flexibility index (Phi) is 5.19. The molecule has 2 nitrogen and oxygen atoms in total. The Balaban J connectivity index is 1.21. The first-order valence-electron chi connectivity index (χ1n) is 14.0. The third-order valence-corrected chi connectivity index (χ3v) is 11.2. The van der Waals surface area contributed by atoms with Gasteiger partial charge in [0, 0.05) is 6.21 Å². The first kappa shape index (κ1) is 22.3. The number of hydrogen-bond donors (Lipinski definition) is 0. The number of fused-ring (bicyclic) bond motifs is 6. The van der Waals surface area contributed by atoms with Crippen molar-refractivity contribution in [1.82, 2.24) is 0 Å². The minimum absolute atomic E-state index is 0.00912. The van der Waals surface area contributed by atoms with Gasteiger partial charge in [0.05, 0.1) is 18.2 Å². The second-order valence-corrected chi connectivity index (χ2v) is 13.9. The molecule has 180 valence electrons. The molecule has 8 atom stereocenters. The lowest BCUT2D eigenvalue weighted by Gasteiger charge is -2.61. The highest BCUT2D eigenvalue weighted by atomic mass is 16.5. The largest absolute Gasteiger partial charge is 0.373 e. The van der Waals surface area contributed by atoms with Crippen LogP contribution in [0.25, 0.3) is 0 Å². The predicted molar refractivity (Wildman–Crippen MR) is 137 cm³/mol. The van der Waals surface area contributed by atoms with Crippen LogP contribution in [0.5, 0.6) is 0 Å². The molecule has 4 aliphatic carbocycles. The molecule has 0 saturated heterocycles. The van der Waals surface area contributed by atoms with Crippen LogP contribution in [-0.2, 0) is 11.3 Å². The fourth-order valence-corrected chi connectivity index (χ4v) is 9.72. The van der Waals surface area contributed by atoms with Gasteiger partial charge in [0.15, 0.2) is 0 Å². The van der Waals surface area contributed by atoms with Crippen molar-refractivity contribution >= 4 is 6.21 Å². The predicted octanol–water partition coefficient (Wildman–Crippen LogP) is 7.93. The van der Waals surface area contributed by atoms with Gasteiger partial charge in [-0.3, -0.25) is 4.99 Å². The van der Waals surface area contributed by atoms with Gasteiger partial charge in [-0.05, 0) is 136 Å². The first-order valence-corrected chi connectivity index (χ1v) is 14.0. The zero-order chi connectivity index (χ0) is 23.0. The third-order valence-electron chi connectivity index (χ3n) is 11.2. The van der Waals surface area contributed by atoms with E-state index in [1.807, 2.05) is 0 Å². The summed E-state index contributed by atoms with van der Waals surface area (Å²) in [7, 11) is 0. The van der Waals surface area contributed by atoms with Gasteiger partial charge in [0.25, 0.3) is 0 Å². The number of ether oxygens (including phenoxy) is 1. The van der Waals surface area contributed by atoms with Crippen LogP contribution in [0.4, 0.5) is 0 Å². The highest BCUT2D eigenvalue weighted by Crippen LogP contribution is 2.69. The summed E-state index contributed by atoms with van der Waals surface area (Å²) in [6.45, 7) is 12.9. The van der Waals surface area contributed by atoms with Crippen LogP contribution in [0.1, 0.15) is 115 Å². The van der Waals surface area contributed by atoms with Gasteiger partial charge < -0.3 is 4.74 Å². The Labute approximate surface area is 202 Å². The van der Waals surface area contributed by atoms with E-state index in [2.05, 4.69) is 64.0 Å². The molecule has 1 aromatic carbocycles. The molecule has 0 N–H and O–H groups in total. The second kappa shape index (κ2) is 7.67. The second-order valence-electron chi connectivity index (χ2n) is 13.9. The van der Waals surface area contributed by atoms with E-state index in [-0.39, 0.29) is 5.60 Å². The molecule has 2 heteroatoms. The van der Waals surface area contributed by atoms with Gasteiger partial charge in [0.1, 0.15) is 0 Å². The van der Waals surface area contributed by atoms with Gasteiger partial charge in [0.2, 0.25) is 0 Å². The smallest absolute Gasteiger partial charge is 0.0646 e. The molecule has 1 aromatic rings. The zero-order valence-electron chi connectivity index (χ0n) is 21.7. The SMILES string of the molecule is CC(C)(C)O[C@H]1CC[C@@]2(C)[C@@H](CC[C@@H]3[C@@H]2CC[C@]2(C)[C@@H](c4ccc5c(c4)CN=C5)CC[C@@H]32)C1. The monoisotopic (exact) mass is 447 g/mol. The Hall–Kier alpha value is -1.15. The van der Waals surface area contributed by atoms with E-state index in [1.54, 1.807) is 5.56 Å². The molecule has 0 amide bonds. The van der Waals surface area contributed by atoms with Crippen LogP contribution in [0.15, 0.2) is 23.2 Å². The van der Waals surface area contributed by atoms with Crippen molar-refractivity contribution in [3.8, 4) is 0 Å². The Morgan fingerprint density at radius 3 is 2.52 bits per heavy atom. The van der Waals surface area contributed by atoms with Gasteiger partial charge >= 0.3 is 0 Å². The van der Waals surface area contributed by atoms with Crippen LogP contribution in [0, 0.1) is 34.5 Å². The minimum atomic E-state index is -0.00912. The molecule has 33 heavy (non-hydrogen) atoms. The maximum Gasteiger partial charge on any atom is 0.0646 e. The Morgan fingerprint density at radius 1 is 0.909 bits per heavy atom. The fourth-order valence-electron chi connectivity index (χ4n) is 9.72. The van der Waals surface area contributed by atoms with Crippen molar-refractivity contribution in [3.05, 3.63) is 34.9 Å². The van der Waals surface area contributed by atoms with Crippen molar-refractivity contribution in [3.63, 3.8) is 0 Å². The Morgan fingerprint density at radius 2 is 1.70 bits per heavy atom. The summed E-state index contributed by atoms with van der Waals surface area (Å²) in [5, 5.41) is 0. The van der Waals surface area contributed by atoms with Crippen molar-refractivity contribution in [1.29, 1.82) is 0 Å². The van der Waals surface area contributed by atoms with E-state index in [1.165, 1.54) is 68.9 Å². The summed E-state index contributed by atoms with van der Waals surface area (Å²) >= 11 is 0. The molecule has 0 bridgehead atoms. The molecule has 5 aliphatic rings. The topological polar surface area (TPSA) is 21.6 Å². The maximum atomic E-state index is 6.48. The average Bonchev–Trinajstić information content (AvgIpc) is 3.36. The van der Waals surface area contributed by atoms with E-state index in [4.69, 9.17) is 4.74 Å². The van der Waals surface area contributed by atoms with E-state index < -0.39 is 0 Å². The molecule has 0 spiro atoms. The minimum Gasteiger partial charge on any atom is -0.373 e. The molecule has 1 heterocycles. The quantitative estimate of drug-likeness (QED) is 0.451. The summed E-state index contributed by atoms with van der Waals surface area (Å²) in [5.41, 5.74) is 5.44. The number of rotatable bonds is 2. The van der Waals surface area contributed by atoms with Crippen LogP contribution in [0.2, 0.25) is 0 Å². The van der Waals surface area contributed by atoms with Gasteiger partial charge in [-0.1, -0.05) is 32.0 Å². The van der Waals surface area contributed by atoms with Crippen LogP contribution in [0.3, 0.4) is 0 Å². The molecule has 0 unspecified atom stereocenters. The van der Waals surface area contributed by atoms with Crippen molar-refractivity contribution < 1.29 is 4.74 Å². The van der Waals surface area contributed by atoms with E-state index in [0.717, 1.165) is 36.1 Å². The fraction of sp³-hybridized carbons (Fsp3) is 0.774. The molecule has 4 saturated carbocycles. The third kappa shape index (κ3) is 3.57. The van der Waals surface area contributed by atoms with Crippen LogP contribution < -0.4 is 0 Å². The van der Waals surface area contributed by atoms with E-state index >= 15 is 0 Å². The lowest BCUT2D eigenvalue weighted by Crippen LogP contribution is -2.54. The maximum absolute atomic E-state index is 6.48.